The molecular formula is C16H23NO3. The number of rotatable bonds is 6. The summed E-state index contributed by atoms with van der Waals surface area (Å²) in [5.41, 5.74) is 1.20. The van der Waals surface area contributed by atoms with E-state index in [4.69, 9.17) is 9.84 Å². The quantitative estimate of drug-likeness (QED) is 0.868. The first kappa shape index (κ1) is 14.9. The summed E-state index contributed by atoms with van der Waals surface area (Å²) in [7, 11) is 1.70. The van der Waals surface area contributed by atoms with Crippen LogP contribution < -0.4 is 4.74 Å². The van der Waals surface area contributed by atoms with Gasteiger partial charge >= 0.3 is 5.97 Å². The average Bonchev–Trinajstić information content (AvgIpc) is 2.46. The van der Waals surface area contributed by atoms with Crippen LogP contribution in [0.5, 0.6) is 5.75 Å². The molecule has 1 aliphatic heterocycles. The Balaban J connectivity index is 1.90. The first-order valence-electron chi connectivity index (χ1n) is 7.25. The van der Waals surface area contributed by atoms with E-state index in [0.29, 0.717) is 5.92 Å². The van der Waals surface area contributed by atoms with E-state index in [1.807, 2.05) is 18.2 Å². The second-order valence-corrected chi connectivity index (χ2v) is 5.49. The van der Waals surface area contributed by atoms with Crippen molar-refractivity contribution in [1.29, 1.82) is 0 Å². The molecule has 4 heteroatoms. The van der Waals surface area contributed by atoms with E-state index in [1.165, 1.54) is 5.56 Å². The van der Waals surface area contributed by atoms with E-state index >= 15 is 0 Å². The summed E-state index contributed by atoms with van der Waals surface area (Å²) >= 11 is 0. The molecule has 0 aromatic heterocycles. The monoisotopic (exact) mass is 277 g/mol. The Kier molecular flexibility index (Phi) is 5.41. The van der Waals surface area contributed by atoms with Crippen LogP contribution in [0.4, 0.5) is 0 Å². The maximum atomic E-state index is 10.7. The molecule has 1 aliphatic rings. The van der Waals surface area contributed by atoms with Crippen LogP contribution in [0.1, 0.15) is 31.2 Å². The molecule has 110 valence electrons. The predicted octanol–water partition coefficient (Wildman–Crippen LogP) is 2.77. The van der Waals surface area contributed by atoms with Crippen molar-refractivity contribution in [2.45, 2.75) is 32.2 Å². The minimum Gasteiger partial charge on any atom is -0.496 e. The number of methoxy groups -OCH3 is 1. The number of ether oxygens (including phenoxy) is 1. The van der Waals surface area contributed by atoms with Gasteiger partial charge in [-0.05, 0) is 37.8 Å². The summed E-state index contributed by atoms with van der Waals surface area (Å²) < 4.78 is 5.39. The van der Waals surface area contributed by atoms with E-state index in [1.54, 1.807) is 7.11 Å². The molecule has 0 spiro atoms. The largest absolute Gasteiger partial charge is 0.496 e. The lowest BCUT2D eigenvalue weighted by molar-refractivity contribution is -0.137. The molecular weight excluding hydrogens is 254 g/mol. The first-order valence-corrected chi connectivity index (χ1v) is 7.25. The van der Waals surface area contributed by atoms with E-state index in [2.05, 4.69) is 11.0 Å². The van der Waals surface area contributed by atoms with E-state index < -0.39 is 5.97 Å². The van der Waals surface area contributed by atoms with Crippen LogP contribution in [0.15, 0.2) is 24.3 Å². The second-order valence-electron chi connectivity index (χ2n) is 5.49. The summed E-state index contributed by atoms with van der Waals surface area (Å²) in [5, 5.41) is 8.78. The Bertz CT molecular complexity index is 447. The molecule has 1 fully saturated rings. The lowest BCUT2D eigenvalue weighted by Gasteiger charge is -2.32. The number of nitrogens with zero attached hydrogens (tertiary/aromatic N) is 1. The van der Waals surface area contributed by atoms with E-state index in [0.717, 1.165) is 44.6 Å². The fraction of sp³-hybridized carbons (Fsp3) is 0.562. The highest BCUT2D eigenvalue weighted by atomic mass is 16.5. The van der Waals surface area contributed by atoms with Gasteiger partial charge in [-0.15, -0.1) is 0 Å². The number of carboxylic acids is 1. The maximum absolute atomic E-state index is 10.7. The van der Waals surface area contributed by atoms with Gasteiger partial charge in [0.2, 0.25) is 0 Å². The standard InChI is InChI=1S/C16H23NO3/c1-20-15-7-3-2-6-14(15)12-17-10-4-5-13(11-17)8-9-16(18)19/h2-3,6-7,13H,4-5,8-12H2,1H3,(H,18,19). The van der Waals surface area contributed by atoms with E-state index in [-0.39, 0.29) is 6.42 Å². The van der Waals surface area contributed by atoms with Crippen LogP contribution >= 0.6 is 0 Å². The predicted molar refractivity (Wildman–Crippen MR) is 77.9 cm³/mol. The number of hydrogen-bond acceptors (Lipinski definition) is 3. The van der Waals surface area contributed by atoms with Gasteiger partial charge in [0, 0.05) is 25.1 Å². The highest BCUT2D eigenvalue weighted by molar-refractivity contribution is 5.66. The Hall–Kier alpha value is -1.55. The van der Waals surface area contributed by atoms with Crippen LogP contribution in [0.3, 0.4) is 0 Å². The fourth-order valence-electron chi connectivity index (χ4n) is 2.93. The molecule has 1 N–H and O–H groups in total. The summed E-state index contributed by atoms with van der Waals surface area (Å²) in [5.74, 6) is 0.751. The van der Waals surface area contributed by atoms with Gasteiger partial charge in [0.05, 0.1) is 7.11 Å². The average molecular weight is 277 g/mol. The SMILES string of the molecule is COc1ccccc1CN1CCCC(CCC(=O)O)C1. The van der Waals surface area contributed by atoms with Crippen molar-refractivity contribution < 1.29 is 14.6 Å². The lowest BCUT2D eigenvalue weighted by atomic mass is 9.93. The van der Waals surface area contributed by atoms with Crippen LogP contribution in [0.2, 0.25) is 0 Å². The molecule has 0 bridgehead atoms. The number of likely N-dealkylation sites (tertiary alicyclic amines) is 1. The van der Waals surface area contributed by atoms with Crippen molar-refractivity contribution in [2.75, 3.05) is 20.2 Å². The molecule has 20 heavy (non-hydrogen) atoms. The molecule has 2 rings (SSSR count). The zero-order chi connectivity index (χ0) is 14.4. The molecule has 0 aliphatic carbocycles. The second kappa shape index (κ2) is 7.29. The molecule has 1 heterocycles. The Morgan fingerprint density at radius 3 is 3.00 bits per heavy atom. The van der Waals surface area contributed by atoms with Gasteiger partial charge < -0.3 is 9.84 Å². The Labute approximate surface area is 120 Å². The highest BCUT2D eigenvalue weighted by Gasteiger charge is 2.21. The minimum atomic E-state index is -0.688. The van der Waals surface area contributed by atoms with Gasteiger partial charge in [0.1, 0.15) is 5.75 Å². The van der Waals surface area contributed by atoms with Crippen LogP contribution in [-0.2, 0) is 11.3 Å². The zero-order valence-electron chi connectivity index (χ0n) is 12.0. The van der Waals surface area contributed by atoms with Crippen molar-refractivity contribution in [2.24, 2.45) is 5.92 Å². The Morgan fingerprint density at radius 1 is 1.45 bits per heavy atom. The third kappa shape index (κ3) is 4.23. The molecule has 1 saturated heterocycles. The van der Waals surface area contributed by atoms with Crippen LogP contribution in [-0.4, -0.2) is 36.2 Å². The third-order valence-electron chi connectivity index (χ3n) is 3.96. The molecule has 1 atom stereocenters. The fourth-order valence-corrected chi connectivity index (χ4v) is 2.93. The molecule has 0 saturated carbocycles. The Morgan fingerprint density at radius 2 is 2.25 bits per heavy atom. The smallest absolute Gasteiger partial charge is 0.303 e. The topological polar surface area (TPSA) is 49.8 Å². The van der Waals surface area contributed by atoms with Crippen molar-refractivity contribution in [3.05, 3.63) is 29.8 Å². The summed E-state index contributed by atoms with van der Waals surface area (Å²) in [6.45, 7) is 2.96. The van der Waals surface area contributed by atoms with Gasteiger partial charge in [-0.2, -0.15) is 0 Å². The van der Waals surface area contributed by atoms with Crippen LogP contribution in [0, 0.1) is 5.92 Å². The maximum Gasteiger partial charge on any atom is 0.303 e. The molecule has 1 unspecified atom stereocenters. The number of hydrogen-bond donors (Lipinski definition) is 1. The number of carbonyl (C=O) groups is 1. The van der Waals surface area contributed by atoms with Gasteiger partial charge in [-0.1, -0.05) is 18.2 Å². The van der Waals surface area contributed by atoms with Gasteiger partial charge in [0.25, 0.3) is 0 Å². The van der Waals surface area contributed by atoms with Gasteiger partial charge in [0.15, 0.2) is 0 Å². The lowest BCUT2D eigenvalue weighted by Crippen LogP contribution is -2.35. The summed E-state index contributed by atoms with van der Waals surface area (Å²) in [6, 6.07) is 8.10. The zero-order valence-corrected chi connectivity index (χ0v) is 12.0. The van der Waals surface area contributed by atoms with E-state index in [9.17, 15) is 4.79 Å². The van der Waals surface area contributed by atoms with Crippen LogP contribution in [0.25, 0.3) is 0 Å². The normalized spacial score (nSPS) is 19.8. The van der Waals surface area contributed by atoms with Crippen molar-refractivity contribution in [1.82, 2.24) is 4.90 Å². The van der Waals surface area contributed by atoms with Crippen molar-refractivity contribution in [3.8, 4) is 5.75 Å². The van der Waals surface area contributed by atoms with Gasteiger partial charge in [-0.3, -0.25) is 9.69 Å². The third-order valence-corrected chi connectivity index (χ3v) is 3.96. The summed E-state index contributed by atoms with van der Waals surface area (Å²) in [6.07, 6.45) is 3.38. The number of piperidine rings is 1. The molecule has 1 aromatic rings. The summed E-state index contributed by atoms with van der Waals surface area (Å²) in [4.78, 5) is 13.1. The molecule has 1 aromatic carbocycles. The molecule has 4 nitrogen and oxygen atoms in total. The molecule has 0 amide bonds. The van der Waals surface area contributed by atoms with Crippen molar-refractivity contribution >= 4 is 5.97 Å². The first-order chi connectivity index (χ1) is 9.69. The molecule has 0 radical (unpaired) electrons. The minimum absolute atomic E-state index is 0.285. The van der Waals surface area contributed by atoms with Crippen molar-refractivity contribution in [3.63, 3.8) is 0 Å². The number of para-hydroxylation sites is 1. The number of carboxylic acid groups (broad SMARTS) is 1. The van der Waals surface area contributed by atoms with Gasteiger partial charge in [-0.25, -0.2) is 0 Å². The number of aliphatic carboxylic acids is 1. The number of benzene rings is 1. The highest BCUT2D eigenvalue weighted by Crippen LogP contribution is 2.25.